The Kier molecular flexibility index (Phi) is 10.3. The van der Waals surface area contributed by atoms with Crippen LogP contribution in [0.5, 0.6) is 0 Å². The molecule has 0 amide bonds. The summed E-state index contributed by atoms with van der Waals surface area (Å²) in [5.41, 5.74) is 0. The van der Waals surface area contributed by atoms with Crippen molar-refractivity contribution < 1.29 is 4.74 Å². The summed E-state index contributed by atoms with van der Waals surface area (Å²) >= 11 is 0. The molecule has 1 unspecified atom stereocenters. The van der Waals surface area contributed by atoms with E-state index in [1.54, 1.807) is 7.11 Å². The number of ether oxygens (including phenoxy) is 1. The molecule has 0 aromatic heterocycles. The summed E-state index contributed by atoms with van der Waals surface area (Å²) in [6.45, 7) is 12.0. The van der Waals surface area contributed by atoms with Crippen molar-refractivity contribution in [2.24, 2.45) is 0 Å². The molecule has 0 saturated carbocycles. The third-order valence-electron chi connectivity index (χ3n) is 2.57. The van der Waals surface area contributed by atoms with Gasteiger partial charge >= 0.3 is 0 Å². The van der Waals surface area contributed by atoms with Crippen molar-refractivity contribution in [2.75, 3.05) is 39.9 Å². The predicted molar refractivity (Wildman–Crippen MR) is 66.4 cm³/mol. The van der Waals surface area contributed by atoms with Crippen LogP contribution in [0.4, 0.5) is 0 Å². The van der Waals surface area contributed by atoms with E-state index >= 15 is 0 Å². The van der Waals surface area contributed by atoms with Crippen molar-refractivity contribution in [1.29, 1.82) is 0 Å². The normalized spacial score (nSPS) is 13.4. The summed E-state index contributed by atoms with van der Waals surface area (Å²) in [4.78, 5) is 2.56. The van der Waals surface area contributed by atoms with Crippen LogP contribution in [0, 0.1) is 0 Å². The Bertz CT molecular complexity index is 125. The summed E-state index contributed by atoms with van der Waals surface area (Å²) in [5, 5.41) is 3.42. The van der Waals surface area contributed by atoms with E-state index in [1.165, 1.54) is 25.9 Å². The predicted octanol–water partition coefficient (Wildman–Crippen LogP) is 1.73. The zero-order valence-corrected chi connectivity index (χ0v) is 10.9. The molecule has 0 aromatic carbocycles. The van der Waals surface area contributed by atoms with Gasteiger partial charge in [0.1, 0.15) is 0 Å². The van der Waals surface area contributed by atoms with Gasteiger partial charge in [-0.15, -0.1) is 0 Å². The molecule has 0 fully saturated rings. The van der Waals surface area contributed by atoms with E-state index in [0.29, 0.717) is 6.04 Å². The number of hydrogen-bond donors (Lipinski definition) is 1. The lowest BCUT2D eigenvalue weighted by molar-refractivity contribution is 0.182. The summed E-state index contributed by atoms with van der Waals surface area (Å²) in [6, 6.07) is 0.627. The van der Waals surface area contributed by atoms with E-state index in [-0.39, 0.29) is 0 Å². The maximum Gasteiger partial charge on any atom is 0.0587 e. The second-order valence-electron chi connectivity index (χ2n) is 4.08. The summed E-state index contributed by atoms with van der Waals surface area (Å²) < 4.78 is 5.00. The van der Waals surface area contributed by atoms with Crippen molar-refractivity contribution in [3.05, 3.63) is 0 Å². The minimum Gasteiger partial charge on any atom is -0.383 e. The highest BCUT2D eigenvalue weighted by Gasteiger charge is 2.10. The molecule has 0 aromatic rings. The van der Waals surface area contributed by atoms with E-state index in [4.69, 9.17) is 4.74 Å². The van der Waals surface area contributed by atoms with Crippen LogP contribution in [0.1, 0.15) is 33.6 Å². The Morgan fingerprint density at radius 2 is 1.80 bits per heavy atom. The van der Waals surface area contributed by atoms with Crippen LogP contribution in [0.25, 0.3) is 0 Å². The zero-order valence-electron chi connectivity index (χ0n) is 10.9. The Morgan fingerprint density at radius 3 is 2.27 bits per heavy atom. The van der Waals surface area contributed by atoms with Crippen molar-refractivity contribution in [2.45, 2.75) is 39.7 Å². The molecule has 1 N–H and O–H groups in total. The van der Waals surface area contributed by atoms with Crippen LogP contribution in [-0.2, 0) is 4.74 Å². The summed E-state index contributed by atoms with van der Waals surface area (Å²) in [6.07, 6.45) is 2.48. The monoisotopic (exact) mass is 216 g/mol. The minimum atomic E-state index is 0.627. The molecule has 0 aliphatic carbocycles. The van der Waals surface area contributed by atoms with Crippen LogP contribution < -0.4 is 5.32 Å². The van der Waals surface area contributed by atoms with Gasteiger partial charge in [0.05, 0.1) is 6.61 Å². The standard InChI is InChI=1S/C12H28N2O/c1-5-8-14(9-6-2)12(3)11-13-7-10-15-4/h12-13H,5-11H2,1-4H3. The van der Waals surface area contributed by atoms with E-state index in [9.17, 15) is 0 Å². The largest absolute Gasteiger partial charge is 0.383 e. The fourth-order valence-electron chi connectivity index (χ4n) is 1.74. The first-order chi connectivity index (χ1) is 7.26. The topological polar surface area (TPSA) is 24.5 Å². The molecule has 1 atom stereocenters. The molecular formula is C12H28N2O. The van der Waals surface area contributed by atoms with E-state index in [0.717, 1.165) is 19.7 Å². The molecule has 0 spiro atoms. The smallest absolute Gasteiger partial charge is 0.0587 e. The molecule has 0 heterocycles. The quantitative estimate of drug-likeness (QED) is 0.563. The lowest BCUT2D eigenvalue weighted by atomic mass is 10.2. The first-order valence-corrected chi connectivity index (χ1v) is 6.19. The second kappa shape index (κ2) is 10.4. The molecule has 0 rings (SSSR count). The van der Waals surface area contributed by atoms with Gasteiger partial charge in [-0.2, -0.15) is 0 Å². The summed E-state index contributed by atoms with van der Waals surface area (Å²) in [5.74, 6) is 0. The molecule has 0 bridgehead atoms. The number of nitrogens with zero attached hydrogens (tertiary/aromatic N) is 1. The minimum absolute atomic E-state index is 0.627. The number of rotatable bonds is 10. The van der Waals surface area contributed by atoms with Gasteiger partial charge < -0.3 is 10.1 Å². The lowest BCUT2D eigenvalue weighted by Crippen LogP contribution is -2.41. The lowest BCUT2D eigenvalue weighted by Gasteiger charge is -2.28. The highest BCUT2D eigenvalue weighted by Crippen LogP contribution is 2.00. The number of hydrogen-bond acceptors (Lipinski definition) is 3. The van der Waals surface area contributed by atoms with Crippen LogP contribution in [0.3, 0.4) is 0 Å². The fourth-order valence-corrected chi connectivity index (χ4v) is 1.74. The van der Waals surface area contributed by atoms with Crippen molar-refractivity contribution in [3.63, 3.8) is 0 Å². The summed E-state index contributed by atoms with van der Waals surface area (Å²) in [7, 11) is 1.74. The van der Waals surface area contributed by atoms with Gasteiger partial charge in [-0.25, -0.2) is 0 Å². The maximum absolute atomic E-state index is 5.00. The Hall–Kier alpha value is -0.120. The van der Waals surface area contributed by atoms with Gasteiger partial charge in [-0.3, -0.25) is 4.90 Å². The van der Waals surface area contributed by atoms with Gasteiger partial charge in [-0.1, -0.05) is 13.8 Å². The molecule has 0 aliphatic rings. The van der Waals surface area contributed by atoms with Crippen molar-refractivity contribution in [3.8, 4) is 0 Å². The van der Waals surface area contributed by atoms with Gasteiger partial charge in [0, 0.05) is 26.2 Å². The SMILES string of the molecule is CCCN(CCC)C(C)CNCCOC. The molecule has 0 saturated heterocycles. The first-order valence-electron chi connectivity index (χ1n) is 6.19. The van der Waals surface area contributed by atoms with Crippen molar-refractivity contribution in [1.82, 2.24) is 10.2 Å². The molecule has 0 radical (unpaired) electrons. The highest BCUT2D eigenvalue weighted by atomic mass is 16.5. The maximum atomic E-state index is 5.00. The van der Waals surface area contributed by atoms with E-state index < -0.39 is 0 Å². The zero-order chi connectivity index (χ0) is 11.5. The van der Waals surface area contributed by atoms with Gasteiger partial charge in [0.2, 0.25) is 0 Å². The third kappa shape index (κ3) is 7.77. The first kappa shape index (κ1) is 14.9. The molecule has 3 heteroatoms. The average Bonchev–Trinajstić information content (AvgIpc) is 2.24. The van der Waals surface area contributed by atoms with Crippen molar-refractivity contribution >= 4 is 0 Å². The van der Waals surface area contributed by atoms with Crippen LogP contribution in [0.2, 0.25) is 0 Å². The highest BCUT2D eigenvalue weighted by molar-refractivity contribution is 4.68. The van der Waals surface area contributed by atoms with Crippen LogP contribution in [-0.4, -0.2) is 50.8 Å². The molecule has 3 nitrogen and oxygen atoms in total. The molecule has 92 valence electrons. The van der Waals surface area contributed by atoms with Crippen LogP contribution in [0.15, 0.2) is 0 Å². The Balaban J connectivity index is 3.65. The molecule has 0 aliphatic heterocycles. The van der Waals surface area contributed by atoms with Crippen LogP contribution >= 0.6 is 0 Å². The number of methoxy groups -OCH3 is 1. The average molecular weight is 216 g/mol. The number of nitrogens with one attached hydrogen (secondary N) is 1. The van der Waals surface area contributed by atoms with Gasteiger partial charge in [0.25, 0.3) is 0 Å². The third-order valence-corrected chi connectivity index (χ3v) is 2.57. The Morgan fingerprint density at radius 1 is 1.20 bits per heavy atom. The van der Waals surface area contributed by atoms with E-state index in [1.807, 2.05) is 0 Å². The molecule has 15 heavy (non-hydrogen) atoms. The molecular weight excluding hydrogens is 188 g/mol. The Labute approximate surface area is 95.2 Å². The van der Waals surface area contributed by atoms with Gasteiger partial charge in [-0.05, 0) is 32.9 Å². The fraction of sp³-hybridized carbons (Fsp3) is 1.00. The second-order valence-corrected chi connectivity index (χ2v) is 4.08. The van der Waals surface area contributed by atoms with Gasteiger partial charge in [0.15, 0.2) is 0 Å². The van der Waals surface area contributed by atoms with E-state index in [2.05, 4.69) is 31.0 Å².